The number of nitrogens with zero attached hydrogens (tertiary/aromatic N) is 2. The van der Waals surface area contributed by atoms with Crippen molar-refractivity contribution in [3.8, 4) is 0 Å². The van der Waals surface area contributed by atoms with Crippen molar-refractivity contribution in [1.29, 1.82) is 0 Å². The number of nitrogens with one attached hydrogen (secondary N) is 1. The molecule has 0 aromatic carbocycles. The molecule has 1 aliphatic heterocycles. The highest BCUT2D eigenvalue weighted by Gasteiger charge is 2.17. The lowest BCUT2D eigenvalue weighted by Gasteiger charge is -2.15. The van der Waals surface area contributed by atoms with E-state index in [0.717, 1.165) is 30.0 Å². The molecule has 1 unspecified atom stereocenters. The maximum atomic E-state index is 5.89. The van der Waals surface area contributed by atoms with Crippen LogP contribution in [0.5, 0.6) is 0 Å². The molecule has 1 fully saturated rings. The van der Waals surface area contributed by atoms with Crippen LogP contribution in [0.3, 0.4) is 0 Å². The lowest BCUT2D eigenvalue weighted by atomic mass is 10.1. The molecule has 0 bridgehead atoms. The van der Waals surface area contributed by atoms with Crippen molar-refractivity contribution in [2.24, 2.45) is 0 Å². The van der Waals surface area contributed by atoms with Crippen LogP contribution in [0.4, 0.5) is 11.6 Å². The van der Waals surface area contributed by atoms with Gasteiger partial charge >= 0.3 is 0 Å². The second-order valence-electron chi connectivity index (χ2n) is 4.04. The van der Waals surface area contributed by atoms with Crippen molar-refractivity contribution in [1.82, 2.24) is 9.97 Å². The van der Waals surface area contributed by atoms with Gasteiger partial charge in [-0.2, -0.15) is 11.8 Å². The summed E-state index contributed by atoms with van der Waals surface area (Å²) in [5, 5.41) is 3.48. The topological polar surface area (TPSA) is 63.8 Å². The summed E-state index contributed by atoms with van der Waals surface area (Å²) in [5.74, 6) is 3.95. The number of anilines is 2. The van der Waals surface area contributed by atoms with Crippen molar-refractivity contribution >= 4 is 23.4 Å². The molecule has 0 aliphatic carbocycles. The normalized spacial score (nSPS) is 19.9. The average Bonchev–Trinajstić information content (AvgIpc) is 2.76. The second kappa shape index (κ2) is 5.39. The number of hydrogen-bond acceptors (Lipinski definition) is 5. The lowest BCUT2D eigenvalue weighted by Crippen LogP contribution is -2.20. The number of nitrogen functional groups attached to an aromatic ring is 1. The minimum atomic E-state index is 0.537. The highest BCUT2D eigenvalue weighted by atomic mass is 32.2. The van der Waals surface area contributed by atoms with E-state index in [1.165, 1.54) is 12.2 Å². The third-order valence-electron chi connectivity index (χ3n) is 2.75. The van der Waals surface area contributed by atoms with Gasteiger partial charge in [0.1, 0.15) is 18.0 Å². The molecule has 0 radical (unpaired) electrons. The fourth-order valence-corrected chi connectivity index (χ4v) is 3.04. The molecule has 1 aromatic heterocycles. The van der Waals surface area contributed by atoms with Crippen LogP contribution in [-0.2, 0) is 6.42 Å². The van der Waals surface area contributed by atoms with Gasteiger partial charge in [-0.25, -0.2) is 9.97 Å². The van der Waals surface area contributed by atoms with Gasteiger partial charge < -0.3 is 11.1 Å². The Morgan fingerprint density at radius 1 is 1.56 bits per heavy atom. The summed E-state index contributed by atoms with van der Waals surface area (Å²) in [4.78, 5) is 8.36. The van der Waals surface area contributed by atoms with Crippen molar-refractivity contribution in [3.05, 3.63) is 11.9 Å². The molecule has 16 heavy (non-hydrogen) atoms. The highest BCUT2D eigenvalue weighted by molar-refractivity contribution is 7.99. The monoisotopic (exact) mass is 238 g/mol. The first-order valence-corrected chi connectivity index (χ1v) is 6.90. The van der Waals surface area contributed by atoms with Crippen molar-refractivity contribution in [2.45, 2.75) is 32.2 Å². The Morgan fingerprint density at radius 2 is 2.44 bits per heavy atom. The summed E-state index contributed by atoms with van der Waals surface area (Å²) < 4.78 is 0. The molecule has 0 spiro atoms. The van der Waals surface area contributed by atoms with Crippen LogP contribution < -0.4 is 11.1 Å². The molecule has 4 nitrogen and oxygen atoms in total. The van der Waals surface area contributed by atoms with E-state index < -0.39 is 0 Å². The molecular formula is C11H18N4S. The third-order valence-corrected chi connectivity index (χ3v) is 3.91. The van der Waals surface area contributed by atoms with E-state index in [-0.39, 0.29) is 0 Å². The highest BCUT2D eigenvalue weighted by Crippen LogP contribution is 2.24. The smallest absolute Gasteiger partial charge is 0.134 e. The molecule has 1 saturated heterocycles. The van der Waals surface area contributed by atoms with E-state index in [4.69, 9.17) is 5.73 Å². The molecular weight excluding hydrogens is 220 g/mol. The van der Waals surface area contributed by atoms with Gasteiger partial charge in [-0.05, 0) is 18.6 Å². The fraction of sp³-hybridized carbons (Fsp3) is 0.636. The van der Waals surface area contributed by atoms with Crippen LogP contribution in [0.1, 0.15) is 25.3 Å². The number of thioether (sulfide) groups is 1. The van der Waals surface area contributed by atoms with Crippen molar-refractivity contribution in [2.75, 3.05) is 22.6 Å². The summed E-state index contributed by atoms with van der Waals surface area (Å²) in [7, 11) is 0. The Balaban J connectivity index is 2.14. The first-order chi connectivity index (χ1) is 7.81. The fourth-order valence-electron chi connectivity index (χ4n) is 1.89. The minimum Gasteiger partial charge on any atom is -0.383 e. The maximum Gasteiger partial charge on any atom is 0.134 e. The van der Waals surface area contributed by atoms with Gasteiger partial charge in [-0.15, -0.1) is 0 Å². The summed E-state index contributed by atoms with van der Waals surface area (Å²) in [6, 6.07) is 0.537. The van der Waals surface area contributed by atoms with Crippen LogP contribution in [0.25, 0.3) is 0 Å². The van der Waals surface area contributed by atoms with Gasteiger partial charge in [0.25, 0.3) is 0 Å². The standard InChI is InChI=1S/C11H18N4S/c1-2-3-9-10(12)13-7-14-11(9)15-8-4-5-16-6-8/h7-8H,2-6H2,1H3,(H3,12,13,14,15). The number of nitrogens with two attached hydrogens (primary N) is 1. The van der Waals surface area contributed by atoms with Gasteiger partial charge in [0.05, 0.1) is 0 Å². The zero-order chi connectivity index (χ0) is 11.4. The van der Waals surface area contributed by atoms with Gasteiger partial charge in [-0.3, -0.25) is 0 Å². The van der Waals surface area contributed by atoms with E-state index in [0.29, 0.717) is 11.9 Å². The van der Waals surface area contributed by atoms with Gasteiger partial charge in [-0.1, -0.05) is 13.3 Å². The number of rotatable bonds is 4. The Bertz CT molecular complexity index is 350. The molecule has 0 amide bonds. The van der Waals surface area contributed by atoms with Crippen LogP contribution in [0.2, 0.25) is 0 Å². The van der Waals surface area contributed by atoms with Gasteiger partial charge in [0.2, 0.25) is 0 Å². The zero-order valence-corrected chi connectivity index (χ0v) is 10.4. The van der Waals surface area contributed by atoms with E-state index in [1.54, 1.807) is 6.33 Å². The minimum absolute atomic E-state index is 0.537. The molecule has 1 atom stereocenters. The third kappa shape index (κ3) is 2.58. The van der Waals surface area contributed by atoms with Crippen molar-refractivity contribution in [3.63, 3.8) is 0 Å². The second-order valence-corrected chi connectivity index (χ2v) is 5.19. The average molecular weight is 238 g/mol. The van der Waals surface area contributed by atoms with E-state index in [1.807, 2.05) is 11.8 Å². The predicted octanol–water partition coefficient (Wildman–Crippen LogP) is 1.93. The molecule has 2 rings (SSSR count). The largest absolute Gasteiger partial charge is 0.383 e. The zero-order valence-electron chi connectivity index (χ0n) is 9.57. The van der Waals surface area contributed by atoms with Gasteiger partial charge in [0, 0.05) is 17.4 Å². The van der Waals surface area contributed by atoms with Crippen LogP contribution in [-0.4, -0.2) is 27.5 Å². The Morgan fingerprint density at radius 3 is 3.12 bits per heavy atom. The SMILES string of the molecule is CCCc1c(N)ncnc1NC1CCSC1. The Hall–Kier alpha value is -0.970. The maximum absolute atomic E-state index is 5.89. The molecule has 1 aromatic rings. The first kappa shape index (κ1) is 11.5. The van der Waals surface area contributed by atoms with Gasteiger partial charge in [0.15, 0.2) is 0 Å². The quantitative estimate of drug-likeness (QED) is 0.839. The molecule has 0 saturated carbocycles. The number of aromatic nitrogens is 2. The molecule has 88 valence electrons. The molecule has 5 heteroatoms. The Labute approximate surface area is 100 Å². The van der Waals surface area contributed by atoms with Crippen LogP contribution in [0, 0.1) is 0 Å². The number of hydrogen-bond donors (Lipinski definition) is 2. The van der Waals surface area contributed by atoms with E-state index in [2.05, 4.69) is 22.2 Å². The van der Waals surface area contributed by atoms with Crippen LogP contribution >= 0.6 is 11.8 Å². The predicted molar refractivity (Wildman–Crippen MR) is 69.8 cm³/mol. The summed E-state index contributed by atoms with van der Waals surface area (Å²) >= 11 is 1.99. The Kier molecular flexibility index (Phi) is 3.88. The van der Waals surface area contributed by atoms with E-state index in [9.17, 15) is 0 Å². The molecule has 2 heterocycles. The molecule has 1 aliphatic rings. The van der Waals surface area contributed by atoms with E-state index >= 15 is 0 Å². The summed E-state index contributed by atoms with van der Waals surface area (Å²) in [6.07, 6.45) is 4.75. The first-order valence-electron chi connectivity index (χ1n) is 5.75. The lowest BCUT2D eigenvalue weighted by molar-refractivity contribution is 0.797. The summed E-state index contributed by atoms with van der Waals surface area (Å²) in [5.41, 5.74) is 6.96. The van der Waals surface area contributed by atoms with Crippen LogP contribution in [0.15, 0.2) is 6.33 Å². The molecule has 3 N–H and O–H groups in total. The van der Waals surface area contributed by atoms with Crippen molar-refractivity contribution < 1.29 is 0 Å². The summed E-state index contributed by atoms with van der Waals surface area (Å²) in [6.45, 7) is 2.14.